The first-order valence-electron chi connectivity index (χ1n) is 4.71. The Balaban J connectivity index is 0.000000980. The quantitative estimate of drug-likeness (QED) is 0.440. The maximum atomic E-state index is 11.4. The molecule has 0 bridgehead atoms. The maximum Gasteiger partial charge on any atom is 1.00 e. The Morgan fingerprint density at radius 3 is 2.64 bits per heavy atom. The molecule has 0 heterocycles. The molecule has 1 nitrogen and oxygen atoms in total. The van der Waals surface area contributed by atoms with Crippen LogP contribution >= 0.6 is 0 Å². The number of hydrogen-bond donors (Lipinski definition) is 0. The molecule has 2 rings (SSSR count). The monoisotopic (exact) mass is 258 g/mol. The smallest absolute Gasteiger partial charge is 0.334 e. The van der Waals surface area contributed by atoms with Crippen molar-refractivity contribution in [2.45, 2.75) is 19.8 Å². The fourth-order valence-electron chi connectivity index (χ4n) is 1.80. The van der Waals surface area contributed by atoms with Crippen molar-refractivity contribution >= 4 is 5.78 Å². The number of carbonyl (C=O) groups is 1. The molecule has 0 saturated carbocycles. The largest absolute Gasteiger partial charge is 1.00 e. The Labute approximate surface area is 134 Å². The number of benzene rings is 1. The van der Waals surface area contributed by atoms with Crippen molar-refractivity contribution < 1.29 is 63.0 Å². The molecule has 1 unspecified atom stereocenters. The SMILES string of the molecule is CC1Cc2ccccc2C[CH-]C1=O.[Rb+]. The number of fused-ring (bicyclic) bond motifs is 1. The summed E-state index contributed by atoms with van der Waals surface area (Å²) in [5, 5.41) is 0. The average molecular weight is 259 g/mol. The summed E-state index contributed by atoms with van der Waals surface area (Å²) in [7, 11) is 0. The van der Waals surface area contributed by atoms with E-state index in [-0.39, 0.29) is 69.9 Å². The molecule has 0 amide bonds. The van der Waals surface area contributed by atoms with Crippen molar-refractivity contribution in [3.63, 3.8) is 0 Å². The van der Waals surface area contributed by atoms with E-state index < -0.39 is 0 Å². The third-order valence-electron chi connectivity index (χ3n) is 2.65. The number of ketones is 1. The molecule has 0 aliphatic heterocycles. The second kappa shape index (κ2) is 5.59. The Hall–Kier alpha value is 0.565. The summed E-state index contributed by atoms with van der Waals surface area (Å²) in [6.07, 6.45) is 3.52. The van der Waals surface area contributed by atoms with E-state index >= 15 is 0 Å². The van der Waals surface area contributed by atoms with Gasteiger partial charge in [0.2, 0.25) is 0 Å². The van der Waals surface area contributed by atoms with Gasteiger partial charge < -0.3 is 11.2 Å². The minimum atomic E-state index is 0. The summed E-state index contributed by atoms with van der Waals surface area (Å²) in [5.41, 5.74) is 2.64. The molecule has 68 valence electrons. The van der Waals surface area contributed by atoms with E-state index in [1.807, 2.05) is 25.5 Å². The number of hydrogen-bond acceptors (Lipinski definition) is 1. The Bertz CT molecular complexity index is 333. The van der Waals surface area contributed by atoms with E-state index in [0.29, 0.717) is 0 Å². The van der Waals surface area contributed by atoms with Crippen molar-refractivity contribution in [1.29, 1.82) is 0 Å². The van der Waals surface area contributed by atoms with Crippen molar-refractivity contribution in [3.05, 3.63) is 41.8 Å². The summed E-state index contributed by atoms with van der Waals surface area (Å²) in [4.78, 5) is 11.4. The topological polar surface area (TPSA) is 17.1 Å². The van der Waals surface area contributed by atoms with E-state index in [1.54, 1.807) is 0 Å². The second-order valence-corrected chi connectivity index (χ2v) is 3.68. The summed E-state index contributed by atoms with van der Waals surface area (Å²) in [5.74, 6) is 0.444. The van der Waals surface area contributed by atoms with Crippen molar-refractivity contribution in [1.82, 2.24) is 0 Å². The van der Waals surface area contributed by atoms with E-state index in [0.717, 1.165) is 12.8 Å². The molecule has 0 fully saturated rings. The number of Topliss-reactive ketones (excluding diaryl/α,β-unsaturated/α-hetero) is 1. The predicted octanol–water partition coefficient (Wildman–Crippen LogP) is -0.801. The van der Waals surface area contributed by atoms with Gasteiger partial charge in [-0.05, 0) is 17.9 Å². The zero-order valence-corrected chi connectivity index (χ0v) is 13.7. The maximum absolute atomic E-state index is 11.4. The molecule has 0 N–H and O–H groups in total. The third kappa shape index (κ3) is 2.79. The van der Waals surface area contributed by atoms with Crippen LogP contribution in [0.2, 0.25) is 0 Å². The summed E-state index contributed by atoms with van der Waals surface area (Å²) in [6.45, 7) is 2.00. The molecule has 14 heavy (non-hydrogen) atoms. The van der Waals surface area contributed by atoms with Crippen molar-refractivity contribution in [2.24, 2.45) is 5.92 Å². The van der Waals surface area contributed by atoms with Crippen LogP contribution in [-0.2, 0) is 17.6 Å². The zero-order chi connectivity index (χ0) is 9.26. The van der Waals surface area contributed by atoms with Crippen LogP contribution in [0.15, 0.2) is 24.3 Å². The second-order valence-electron chi connectivity index (χ2n) is 3.68. The van der Waals surface area contributed by atoms with Crippen LogP contribution in [-0.4, -0.2) is 5.78 Å². The van der Waals surface area contributed by atoms with E-state index in [1.165, 1.54) is 11.1 Å². The molecular weight excluding hydrogens is 246 g/mol. The Kier molecular flexibility index (Phi) is 5.05. The van der Waals surface area contributed by atoms with Crippen LogP contribution in [0.25, 0.3) is 0 Å². The normalized spacial score (nSPS) is 20.1. The molecule has 0 spiro atoms. The van der Waals surface area contributed by atoms with Gasteiger partial charge in [-0.15, -0.1) is 6.42 Å². The van der Waals surface area contributed by atoms with E-state index in [4.69, 9.17) is 0 Å². The van der Waals surface area contributed by atoms with Gasteiger partial charge in [-0.25, -0.2) is 0 Å². The third-order valence-corrected chi connectivity index (χ3v) is 2.65. The van der Waals surface area contributed by atoms with Crippen LogP contribution in [0.1, 0.15) is 18.1 Å². The molecule has 1 aromatic rings. The first-order valence-corrected chi connectivity index (χ1v) is 4.71. The molecule has 0 radical (unpaired) electrons. The molecular formula is C12H13ORb. The van der Waals surface area contributed by atoms with Gasteiger partial charge in [-0.3, -0.25) is 0 Å². The van der Waals surface area contributed by atoms with Gasteiger partial charge in [0.15, 0.2) is 0 Å². The van der Waals surface area contributed by atoms with Crippen molar-refractivity contribution in [3.8, 4) is 0 Å². The average Bonchev–Trinajstić information content (AvgIpc) is 2.28. The summed E-state index contributed by atoms with van der Waals surface area (Å²) < 4.78 is 0. The standard InChI is InChI=1S/C12H13O.Rb/c1-9-8-11-5-3-2-4-10(11)6-7-12(9)13;/h2-5,7,9H,6,8H2,1H3;/q-1;+1. The number of rotatable bonds is 0. The Morgan fingerprint density at radius 2 is 1.93 bits per heavy atom. The van der Waals surface area contributed by atoms with E-state index in [9.17, 15) is 4.79 Å². The minimum Gasteiger partial charge on any atom is -0.334 e. The fraction of sp³-hybridized carbons (Fsp3) is 0.333. The molecule has 0 saturated heterocycles. The van der Waals surface area contributed by atoms with E-state index in [2.05, 4.69) is 12.1 Å². The first-order chi connectivity index (χ1) is 6.27. The Morgan fingerprint density at radius 1 is 1.29 bits per heavy atom. The molecule has 1 aromatic carbocycles. The van der Waals surface area contributed by atoms with Gasteiger partial charge in [0.05, 0.1) is 0 Å². The molecule has 2 heteroatoms. The van der Waals surface area contributed by atoms with Gasteiger partial charge in [0, 0.05) is 5.78 Å². The summed E-state index contributed by atoms with van der Waals surface area (Å²) >= 11 is 0. The molecule has 1 aliphatic rings. The van der Waals surface area contributed by atoms with Crippen LogP contribution in [0, 0.1) is 12.3 Å². The van der Waals surface area contributed by atoms with Gasteiger partial charge in [-0.2, -0.15) is 0 Å². The minimum absolute atomic E-state index is 0. The predicted molar refractivity (Wildman–Crippen MR) is 52.3 cm³/mol. The van der Waals surface area contributed by atoms with Crippen LogP contribution < -0.4 is 58.2 Å². The fourth-order valence-corrected chi connectivity index (χ4v) is 1.80. The van der Waals surface area contributed by atoms with Crippen LogP contribution in [0.5, 0.6) is 0 Å². The first kappa shape index (κ1) is 12.6. The van der Waals surface area contributed by atoms with Gasteiger partial charge in [0.1, 0.15) is 0 Å². The molecule has 0 aromatic heterocycles. The van der Waals surface area contributed by atoms with Gasteiger partial charge in [-0.1, -0.05) is 36.8 Å². The van der Waals surface area contributed by atoms with Crippen molar-refractivity contribution in [2.75, 3.05) is 0 Å². The van der Waals surface area contributed by atoms with Crippen LogP contribution in [0.3, 0.4) is 0 Å². The number of carbonyl (C=O) groups excluding carboxylic acids is 1. The zero-order valence-electron chi connectivity index (χ0n) is 8.79. The summed E-state index contributed by atoms with van der Waals surface area (Å²) in [6, 6.07) is 8.31. The molecule has 1 atom stereocenters. The van der Waals surface area contributed by atoms with Gasteiger partial charge in [0.25, 0.3) is 0 Å². The van der Waals surface area contributed by atoms with Crippen LogP contribution in [0.4, 0.5) is 0 Å². The molecule has 1 aliphatic carbocycles. The van der Waals surface area contributed by atoms with Gasteiger partial charge >= 0.3 is 58.2 Å².